The minimum Gasteiger partial charge on any atom is -0.507 e. The number of ketones is 2. The number of carbonyl (C=O) groups excluding carboxylic acids is 2. The minimum absolute atomic E-state index is 0.0604. The Morgan fingerprint density at radius 2 is 1.55 bits per heavy atom. The van der Waals surface area contributed by atoms with Gasteiger partial charge in [-0.2, -0.15) is 0 Å². The number of para-hydroxylation sites is 1. The van der Waals surface area contributed by atoms with Crippen LogP contribution in [0, 0.1) is 6.92 Å². The molecule has 0 unspecified atom stereocenters. The number of hydrogen-bond donors (Lipinski definition) is 3. The highest BCUT2D eigenvalue weighted by atomic mass is 16.3. The standard InChI is InChI=1S/C26H26N2O3/c1-5-16-9-6-8-15(4)24(16)28-19-13-12-18(27-14(2)3)22-23(19)26(31)21-17(25(22)30)10-7-11-20(21)29/h6-14,27-29H,5H2,1-4H3. The molecule has 3 aromatic rings. The first-order chi connectivity index (χ1) is 14.8. The van der Waals surface area contributed by atoms with Gasteiger partial charge in [0.1, 0.15) is 5.75 Å². The van der Waals surface area contributed by atoms with E-state index < -0.39 is 0 Å². The molecule has 0 fully saturated rings. The van der Waals surface area contributed by atoms with Gasteiger partial charge in [-0.25, -0.2) is 0 Å². The Balaban J connectivity index is 1.96. The van der Waals surface area contributed by atoms with Crippen molar-refractivity contribution in [2.75, 3.05) is 10.6 Å². The second-order valence-corrected chi connectivity index (χ2v) is 8.16. The first-order valence-corrected chi connectivity index (χ1v) is 10.5. The molecule has 0 aromatic heterocycles. The Hall–Kier alpha value is -3.60. The Labute approximate surface area is 182 Å². The number of fused-ring (bicyclic) bond motifs is 2. The highest BCUT2D eigenvalue weighted by Gasteiger charge is 2.36. The maximum absolute atomic E-state index is 13.6. The van der Waals surface area contributed by atoms with Crippen molar-refractivity contribution in [2.45, 2.75) is 40.2 Å². The first-order valence-electron chi connectivity index (χ1n) is 10.5. The van der Waals surface area contributed by atoms with E-state index in [-0.39, 0.29) is 40.0 Å². The van der Waals surface area contributed by atoms with Gasteiger partial charge in [-0.05, 0) is 56.5 Å². The van der Waals surface area contributed by atoms with Crippen LogP contribution >= 0.6 is 0 Å². The summed E-state index contributed by atoms with van der Waals surface area (Å²) < 4.78 is 0. The third kappa shape index (κ3) is 3.46. The maximum atomic E-state index is 13.6. The third-order valence-electron chi connectivity index (χ3n) is 5.62. The van der Waals surface area contributed by atoms with E-state index in [1.54, 1.807) is 12.1 Å². The lowest BCUT2D eigenvalue weighted by molar-refractivity contribution is 0.0978. The van der Waals surface area contributed by atoms with E-state index in [0.29, 0.717) is 16.9 Å². The molecule has 0 bridgehead atoms. The van der Waals surface area contributed by atoms with E-state index in [9.17, 15) is 14.7 Å². The second kappa shape index (κ2) is 7.91. The van der Waals surface area contributed by atoms with Crippen molar-refractivity contribution >= 4 is 28.6 Å². The van der Waals surface area contributed by atoms with Crippen LogP contribution in [-0.4, -0.2) is 22.7 Å². The van der Waals surface area contributed by atoms with Crippen molar-refractivity contribution in [1.29, 1.82) is 0 Å². The van der Waals surface area contributed by atoms with Crippen molar-refractivity contribution in [1.82, 2.24) is 0 Å². The highest BCUT2D eigenvalue weighted by molar-refractivity contribution is 6.32. The molecule has 5 nitrogen and oxygen atoms in total. The maximum Gasteiger partial charge on any atom is 0.200 e. The fourth-order valence-corrected chi connectivity index (χ4v) is 4.17. The van der Waals surface area contributed by atoms with Gasteiger partial charge in [0.05, 0.1) is 22.4 Å². The molecule has 0 amide bonds. The van der Waals surface area contributed by atoms with Crippen LogP contribution in [0.1, 0.15) is 63.7 Å². The summed E-state index contributed by atoms with van der Waals surface area (Å²) in [4.78, 5) is 27.1. The number of phenolic OH excluding ortho intramolecular Hbond substituents is 1. The summed E-state index contributed by atoms with van der Waals surface area (Å²) in [6.07, 6.45) is 0.829. The zero-order chi connectivity index (χ0) is 22.3. The lowest BCUT2D eigenvalue weighted by Crippen LogP contribution is -2.25. The average molecular weight is 415 g/mol. The van der Waals surface area contributed by atoms with Gasteiger partial charge in [-0.1, -0.05) is 37.3 Å². The molecule has 31 heavy (non-hydrogen) atoms. The van der Waals surface area contributed by atoms with Crippen molar-refractivity contribution in [3.05, 3.63) is 81.9 Å². The molecule has 1 aliphatic carbocycles. The largest absolute Gasteiger partial charge is 0.507 e. The minimum atomic E-state index is -0.357. The van der Waals surface area contributed by atoms with Crippen LogP contribution in [0.4, 0.5) is 17.1 Å². The number of anilines is 3. The SMILES string of the molecule is CCc1cccc(C)c1Nc1ccc(NC(C)C)c2c1C(=O)c1c(O)cccc1C2=O. The summed E-state index contributed by atoms with van der Waals surface area (Å²) in [6.45, 7) is 8.05. The third-order valence-corrected chi connectivity index (χ3v) is 5.62. The van der Waals surface area contributed by atoms with Gasteiger partial charge in [0.2, 0.25) is 0 Å². The van der Waals surface area contributed by atoms with Gasteiger partial charge in [0.15, 0.2) is 11.6 Å². The van der Waals surface area contributed by atoms with E-state index in [1.807, 2.05) is 51.1 Å². The number of benzene rings is 3. The average Bonchev–Trinajstić information content (AvgIpc) is 2.73. The fraction of sp³-hybridized carbons (Fsp3) is 0.231. The molecule has 4 rings (SSSR count). The predicted octanol–water partition coefficient (Wildman–Crippen LogP) is 5.60. The van der Waals surface area contributed by atoms with Gasteiger partial charge in [-0.15, -0.1) is 0 Å². The number of aryl methyl sites for hydroxylation is 2. The van der Waals surface area contributed by atoms with Crippen LogP contribution in [0.15, 0.2) is 48.5 Å². The van der Waals surface area contributed by atoms with Crippen LogP contribution in [0.3, 0.4) is 0 Å². The van der Waals surface area contributed by atoms with Crippen LogP contribution in [0.25, 0.3) is 0 Å². The van der Waals surface area contributed by atoms with E-state index in [2.05, 4.69) is 17.6 Å². The molecule has 1 aliphatic rings. The number of carbonyl (C=O) groups is 2. The molecule has 3 aromatic carbocycles. The normalized spacial score (nSPS) is 12.5. The Kier molecular flexibility index (Phi) is 5.27. The molecule has 0 atom stereocenters. The summed E-state index contributed by atoms with van der Waals surface area (Å²) in [5.41, 5.74) is 5.19. The summed E-state index contributed by atoms with van der Waals surface area (Å²) >= 11 is 0. The monoisotopic (exact) mass is 414 g/mol. The van der Waals surface area contributed by atoms with Crippen molar-refractivity contribution in [2.24, 2.45) is 0 Å². The van der Waals surface area contributed by atoms with Crippen LogP contribution in [0.2, 0.25) is 0 Å². The molecule has 3 N–H and O–H groups in total. The van der Waals surface area contributed by atoms with Gasteiger partial charge < -0.3 is 15.7 Å². The molecule has 0 radical (unpaired) electrons. The fourth-order valence-electron chi connectivity index (χ4n) is 4.17. The van der Waals surface area contributed by atoms with Crippen molar-refractivity contribution in [3.63, 3.8) is 0 Å². The van der Waals surface area contributed by atoms with Gasteiger partial charge in [-0.3, -0.25) is 9.59 Å². The number of hydrogen-bond acceptors (Lipinski definition) is 5. The van der Waals surface area contributed by atoms with Crippen LogP contribution < -0.4 is 10.6 Å². The number of aromatic hydroxyl groups is 1. The Morgan fingerprint density at radius 1 is 0.871 bits per heavy atom. The Bertz CT molecular complexity index is 1210. The van der Waals surface area contributed by atoms with Crippen molar-refractivity contribution in [3.8, 4) is 5.75 Å². The summed E-state index contributed by atoms with van der Waals surface area (Å²) in [5, 5.41) is 17.1. The van der Waals surface area contributed by atoms with Crippen molar-refractivity contribution < 1.29 is 14.7 Å². The first kappa shape index (κ1) is 20.7. The summed E-state index contributed by atoms with van der Waals surface area (Å²) in [6, 6.07) is 14.4. The lowest BCUT2D eigenvalue weighted by Gasteiger charge is -2.26. The van der Waals surface area contributed by atoms with Gasteiger partial charge in [0, 0.05) is 23.0 Å². The number of rotatable bonds is 5. The molecule has 0 saturated heterocycles. The zero-order valence-corrected chi connectivity index (χ0v) is 18.2. The number of nitrogens with one attached hydrogen (secondary N) is 2. The smallest absolute Gasteiger partial charge is 0.200 e. The molecule has 0 spiro atoms. The Morgan fingerprint density at radius 3 is 2.26 bits per heavy atom. The molecule has 5 heteroatoms. The van der Waals surface area contributed by atoms with E-state index in [1.165, 1.54) is 6.07 Å². The topological polar surface area (TPSA) is 78.4 Å². The molecule has 0 aliphatic heterocycles. The van der Waals surface area contributed by atoms with Gasteiger partial charge in [0.25, 0.3) is 0 Å². The second-order valence-electron chi connectivity index (χ2n) is 8.16. The summed E-state index contributed by atoms with van der Waals surface area (Å²) in [7, 11) is 0. The van der Waals surface area contributed by atoms with Crippen LogP contribution in [-0.2, 0) is 6.42 Å². The van der Waals surface area contributed by atoms with E-state index in [0.717, 1.165) is 23.2 Å². The molecular weight excluding hydrogens is 388 g/mol. The van der Waals surface area contributed by atoms with Gasteiger partial charge >= 0.3 is 0 Å². The quantitative estimate of drug-likeness (QED) is 0.396. The molecule has 0 saturated carbocycles. The zero-order valence-electron chi connectivity index (χ0n) is 18.2. The predicted molar refractivity (Wildman–Crippen MR) is 124 cm³/mol. The molecule has 0 heterocycles. The van der Waals surface area contributed by atoms with E-state index in [4.69, 9.17) is 0 Å². The number of phenols is 1. The van der Waals surface area contributed by atoms with Crippen LogP contribution in [0.5, 0.6) is 5.75 Å². The summed E-state index contributed by atoms with van der Waals surface area (Å²) in [5.74, 6) is -0.808. The lowest BCUT2D eigenvalue weighted by atomic mass is 9.81. The molecular formula is C26H26N2O3. The molecule has 158 valence electrons. The van der Waals surface area contributed by atoms with E-state index >= 15 is 0 Å². The highest BCUT2D eigenvalue weighted by Crippen LogP contribution is 2.40.